The Morgan fingerprint density at radius 3 is 2.43 bits per heavy atom. The molecule has 0 bridgehead atoms. The van der Waals surface area contributed by atoms with Crippen LogP contribution in [0.15, 0.2) is 72.8 Å². The summed E-state index contributed by atoms with van der Waals surface area (Å²) in [6, 6.07) is 22.8. The first-order valence-electron chi connectivity index (χ1n) is 10.1. The number of aromatic amines is 1. The third kappa shape index (κ3) is 4.87. The molecule has 1 heterocycles. The Morgan fingerprint density at radius 1 is 1.00 bits per heavy atom. The molecule has 0 unspecified atom stereocenters. The maximum atomic E-state index is 12.7. The van der Waals surface area contributed by atoms with Crippen molar-refractivity contribution in [2.24, 2.45) is 0 Å². The van der Waals surface area contributed by atoms with E-state index in [-0.39, 0.29) is 17.7 Å². The van der Waals surface area contributed by atoms with Crippen LogP contribution in [0.3, 0.4) is 0 Å². The molecule has 0 radical (unpaired) electrons. The number of rotatable bonds is 7. The molecule has 0 saturated carbocycles. The van der Waals surface area contributed by atoms with Crippen molar-refractivity contribution in [3.8, 4) is 5.75 Å². The van der Waals surface area contributed by atoms with Gasteiger partial charge in [-0.05, 0) is 55.2 Å². The van der Waals surface area contributed by atoms with Gasteiger partial charge >= 0.3 is 0 Å². The lowest BCUT2D eigenvalue weighted by Gasteiger charge is -2.17. The predicted octanol–water partition coefficient (Wildman–Crippen LogP) is 4.61. The smallest absolute Gasteiger partial charge is 0.220 e. The molecule has 30 heavy (non-hydrogen) atoms. The van der Waals surface area contributed by atoms with Gasteiger partial charge in [-0.2, -0.15) is 0 Å². The molecule has 5 heteroatoms. The molecule has 5 nitrogen and oxygen atoms in total. The molecule has 4 aromatic rings. The molecular weight excluding hydrogens is 374 g/mol. The number of fused-ring (bicyclic) bond motifs is 1. The number of aromatic nitrogens is 2. The van der Waals surface area contributed by atoms with Crippen LogP contribution in [0, 0.1) is 6.92 Å². The van der Waals surface area contributed by atoms with Crippen LogP contribution in [0.1, 0.15) is 35.0 Å². The first-order valence-corrected chi connectivity index (χ1v) is 10.1. The van der Waals surface area contributed by atoms with Crippen LogP contribution in [-0.2, 0) is 17.6 Å². The second-order valence-electron chi connectivity index (χ2n) is 7.62. The SMILES string of the molecule is Cc1ccc(CCC(=O)N[C@@H](Cc2ccc(O)cc2)c2nc3ccccc3[nH]2)cc1. The van der Waals surface area contributed by atoms with E-state index >= 15 is 0 Å². The van der Waals surface area contributed by atoms with Crippen LogP contribution in [-0.4, -0.2) is 21.0 Å². The average Bonchev–Trinajstić information content (AvgIpc) is 3.19. The number of hydrogen-bond donors (Lipinski definition) is 3. The summed E-state index contributed by atoms with van der Waals surface area (Å²) in [5.74, 6) is 0.939. The summed E-state index contributed by atoms with van der Waals surface area (Å²) in [6.45, 7) is 2.05. The van der Waals surface area contributed by atoms with E-state index in [2.05, 4.69) is 46.5 Å². The number of para-hydroxylation sites is 2. The fraction of sp³-hybridized carbons (Fsp3) is 0.200. The van der Waals surface area contributed by atoms with Crippen LogP contribution in [0.2, 0.25) is 0 Å². The van der Waals surface area contributed by atoms with Crippen LogP contribution in [0.25, 0.3) is 11.0 Å². The Morgan fingerprint density at radius 2 is 1.70 bits per heavy atom. The molecule has 1 atom stereocenters. The number of aryl methyl sites for hydroxylation is 2. The second-order valence-corrected chi connectivity index (χ2v) is 7.62. The third-order valence-electron chi connectivity index (χ3n) is 5.21. The zero-order chi connectivity index (χ0) is 20.9. The van der Waals surface area contributed by atoms with Gasteiger partial charge in [0.1, 0.15) is 11.6 Å². The van der Waals surface area contributed by atoms with Gasteiger partial charge < -0.3 is 15.4 Å². The maximum Gasteiger partial charge on any atom is 0.220 e. The number of H-pyrrole nitrogens is 1. The summed E-state index contributed by atoms with van der Waals surface area (Å²) in [5.41, 5.74) is 5.18. The number of imidazole rings is 1. The number of carbonyl (C=O) groups excluding carboxylic acids is 1. The van der Waals surface area contributed by atoms with Gasteiger partial charge in [0.15, 0.2) is 0 Å². The summed E-state index contributed by atoms with van der Waals surface area (Å²) < 4.78 is 0. The first kappa shape index (κ1) is 19.7. The van der Waals surface area contributed by atoms with Crippen molar-refractivity contribution in [3.63, 3.8) is 0 Å². The number of benzene rings is 3. The van der Waals surface area contributed by atoms with Gasteiger partial charge in [-0.1, -0.05) is 54.1 Å². The molecule has 3 aromatic carbocycles. The van der Waals surface area contributed by atoms with Crippen LogP contribution >= 0.6 is 0 Å². The van der Waals surface area contributed by atoms with Gasteiger partial charge in [0.05, 0.1) is 17.1 Å². The molecule has 0 aliphatic carbocycles. The second kappa shape index (κ2) is 8.82. The minimum Gasteiger partial charge on any atom is -0.508 e. The molecular formula is C25H25N3O2. The Labute approximate surface area is 175 Å². The number of phenols is 1. The lowest BCUT2D eigenvalue weighted by atomic mass is 10.0. The minimum absolute atomic E-state index is 0.0141. The van der Waals surface area contributed by atoms with Crippen molar-refractivity contribution >= 4 is 16.9 Å². The summed E-state index contributed by atoms with van der Waals surface area (Å²) in [5, 5.41) is 12.7. The van der Waals surface area contributed by atoms with Crippen LogP contribution in [0.5, 0.6) is 5.75 Å². The Bertz CT molecular complexity index is 1100. The number of amides is 1. The summed E-state index contributed by atoms with van der Waals surface area (Å²) in [7, 11) is 0. The molecule has 0 saturated heterocycles. The fourth-order valence-electron chi connectivity index (χ4n) is 3.50. The topological polar surface area (TPSA) is 78.0 Å². The van der Waals surface area contributed by atoms with E-state index in [0.717, 1.165) is 28.0 Å². The van der Waals surface area contributed by atoms with Gasteiger partial charge in [0, 0.05) is 6.42 Å². The number of nitrogens with one attached hydrogen (secondary N) is 2. The van der Waals surface area contributed by atoms with Crippen LogP contribution < -0.4 is 5.32 Å². The van der Waals surface area contributed by atoms with Gasteiger partial charge in [-0.3, -0.25) is 4.79 Å². The highest BCUT2D eigenvalue weighted by Crippen LogP contribution is 2.21. The van der Waals surface area contributed by atoms with E-state index in [4.69, 9.17) is 0 Å². The summed E-state index contributed by atoms with van der Waals surface area (Å²) in [4.78, 5) is 20.8. The molecule has 0 aliphatic heterocycles. The number of hydrogen-bond acceptors (Lipinski definition) is 3. The predicted molar refractivity (Wildman–Crippen MR) is 118 cm³/mol. The van der Waals surface area contributed by atoms with Crippen molar-refractivity contribution in [2.45, 2.75) is 32.2 Å². The third-order valence-corrected chi connectivity index (χ3v) is 5.21. The van der Waals surface area contributed by atoms with Crippen molar-refractivity contribution in [3.05, 3.63) is 95.3 Å². The van der Waals surface area contributed by atoms with Gasteiger partial charge in [0.2, 0.25) is 5.91 Å². The molecule has 152 valence electrons. The van der Waals surface area contributed by atoms with E-state index < -0.39 is 0 Å². The van der Waals surface area contributed by atoms with Gasteiger partial charge in [-0.25, -0.2) is 4.98 Å². The van der Waals surface area contributed by atoms with Gasteiger partial charge in [-0.15, -0.1) is 0 Å². The zero-order valence-corrected chi connectivity index (χ0v) is 16.9. The standard InChI is InChI=1S/C25H25N3O2/c1-17-6-8-18(9-7-17)12-15-24(30)26-23(16-19-10-13-20(29)14-11-19)25-27-21-4-2-3-5-22(21)28-25/h2-11,13-14,23,29H,12,15-16H2,1H3,(H,26,30)(H,27,28)/t23-/m0/s1. The molecule has 3 N–H and O–H groups in total. The van der Waals surface area contributed by atoms with E-state index in [0.29, 0.717) is 19.3 Å². The number of phenolic OH excluding ortho intramolecular Hbond substituents is 1. The highest BCUT2D eigenvalue weighted by atomic mass is 16.3. The normalized spacial score (nSPS) is 12.0. The quantitative estimate of drug-likeness (QED) is 0.425. The summed E-state index contributed by atoms with van der Waals surface area (Å²) >= 11 is 0. The molecule has 1 aromatic heterocycles. The van der Waals surface area contributed by atoms with Gasteiger partial charge in [0.25, 0.3) is 0 Å². The highest BCUT2D eigenvalue weighted by Gasteiger charge is 2.19. The Kier molecular flexibility index (Phi) is 5.80. The average molecular weight is 399 g/mol. The van der Waals surface area contributed by atoms with E-state index in [1.54, 1.807) is 12.1 Å². The maximum absolute atomic E-state index is 12.7. The molecule has 0 spiro atoms. The lowest BCUT2D eigenvalue weighted by molar-refractivity contribution is -0.121. The van der Waals surface area contributed by atoms with Crippen molar-refractivity contribution < 1.29 is 9.90 Å². The molecule has 4 rings (SSSR count). The Hall–Kier alpha value is -3.60. The fourth-order valence-corrected chi connectivity index (χ4v) is 3.50. The van der Waals surface area contributed by atoms with Crippen molar-refractivity contribution in [1.29, 1.82) is 0 Å². The minimum atomic E-state index is -0.285. The number of aromatic hydroxyl groups is 1. The Balaban J connectivity index is 1.50. The summed E-state index contributed by atoms with van der Waals surface area (Å²) in [6.07, 6.45) is 1.68. The largest absolute Gasteiger partial charge is 0.508 e. The monoisotopic (exact) mass is 399 g/mol. The molecule has 1 amide bonds. The lowest BCUT2D eigenvalue weighted by Crippen LogP contribution is -2.31. The highest BCUT2D eigenvalue weighted by molar-refractivity contribution is 5.77. The van der Waals surface area contributed by atoms with Crippen molar-refractivity contribution in [2.75, 3.05) is 0 Å². The molecule has 0 aliphatic rings. The number of nitrogens with zero attached hydrogens (tertiary/aromatic N) is 1. The van der Waals surface area contributed by atoms with E-state index in [1.165, 1.54) is 5.56 Å². The van der Waals surface area contributed by atoms with E-state index in [9.17, 15) is 9.90 Å². The van der Waals surface area contributed by atoms with Crippen LogP contribution in [0.4, 0.5) is 0 Å². The number of carbonyl (C=O) groups is 1. The van der Waals surface area contributed by atoms with Crippen molar-refractivity contribution in [1.82, 2.24) is 15.3 Å². The first-order chi connectivity index (χ1) is 14.6. The van der Waals surface area contributed by atoms with E-state index in [1.807, 2.05) is 36.4 Å². The zero-order valence-electron chi connectivity index (χ0n) is 16.9. The molecule has 0 fully saturated rings.